The predicted molar refractivity (Wildman–Crippen MR) is 216 cm³/mol. The van der Waals surface area contributed by atoms with Crippen molar-refractivity contribution in [2.45, 2.75) is 200 Å². The first-order valence-corrected chi connectivity index (χ1v) is 22.5. The summed E-state index contributed by atoms with van der Waals surface area (Å²) in [6.45, 7) is 3.64. The lowest BCUT2D eigenvalue weighted by Crippen LogP contribution is -2.29. The van der Waals surface area contributed by atoms with Crippen LogP contribution in [0.5, 0.6) is 0 Å². The molecule has 9 heteroatoms. The third-order valence-corrected chi connectivity index (χ3v) is 9.34. The number of allylic oxidation sites excluding steroid dienone is 8. The van der Waals surface area contributed by atoms with Gasteiger partial charge in [-0.25, -0.2) is 4.57 Å². The van der Waals surface area contributed by atoms with Gasteiger partial charge in [-0.2, -0.15) is 0 Å². The summed E-state index contributed by atoms with van der Waals surface area (Å²) >= 11 is 0. The number of phosphoric acid groups is 1. The number of carbonyl (C=O) groups excluding carboxylic acids is 2. The normalized spacial score (nSPS) is 12.9. The van der Waals surface area contributed by atoms with E-state index in [9.17, 15) is 14.2 Å². The summed E-state index contributed by atoms with van der Waals surface area (Å²) in [7, 11) is -4.76. The van der Waals surface area contributed by atoms with Crippen molar-refractivity contribution in [3.05, 3.63) is 48.6 Å². The largest absolute Gasteiger partial charge is 0.469 e. The SMILES string of the molecule is CCCCC/C=C\C/C=C\C/C=C\C/C=C\CCCCCC(=O)OC[C@H](COP(=O)(O)O)OC(=O)CCCCCCCCCCCCCCCCC. The number of unbranched alkanes of at least 4 members (excludes halogenated alkanes) is 20. The highest BCUT2D eigenvalue weighted by atomic mass is 31.2. The van der Waals surface area contributed by atoms with Gasteiger partial charge < -0.3 is 19.3 Å². The molecular formula is C43H77O8P. The van der Waals surface area contributed by atoms with Crippen molar-refractivity contribution in [3.8, 4) is 0 Å². The fraction of sp³-hybridized carbons (Fsp3) is 0.767. The highest BCUT2D eigenvalue weighted by Gasteiger charge is 2.22. The molecule has 0 aromatic heterocycles. The Bertz CT molecular complexity index is 984. The smallest absolute Gasteiger partial charge is 0.462 e. The summed E-state index contributed by atoms with van der Waals surface area (Å²) < 4.78 is 26.4. The monoisotopic (exact) mass is 753 g/mol. The molecule has 0 aromatic rings. The minimum atomic E-state index is -4.76. The Labute approximate surface area is 318 Å². The summed E-state index contributed by atoms with van der Waals surface area (Å²) in [5.41, 5.74) is 0. The lowest BCUT2D eigenvalue weighted by molar-refractivity contribution is -0.161. The van der Waals surface area contributed by atoms with Crippen LogP contribution in [0.25, 0.3) is 0 Å². The summed E-state index contributed by atoms with van der Waals surface area (Å²) in [4.78, 5) is 42.8. The molecule has 8 nitrogen and oxygen atoms in total. The third kappa shape index (κ3) is 40.8. The molecule has 0 radical (unpaired) electrons. The second kappa shape index (κ2) is 38.7. The molecule has 0 rings (SSSR count). The second-order valence-electron chi connectivity index (χ2n) is 14.0. The van der Waals surface area contributed by atoms with Gasteiger partial charge in [-0.15, -0.1) is 0 Å². The minimum absolute atomic E-state index is 0.206. The Kier molecular flexibility index (Phi) is 37.2. The molecule has 302 valence electrons. The Morgan fingerprint density at radius 2 is 0.865 bits per heavy atom. The number of hydrogen-bond acceptors (Lipinski definition) is 6. The third-order valence-electron chi connectivity index (χ3n) is 8.85. The molecular weight excluding hydrogens is 675 g/mol. The zero-order chi connectivity index (χ0) is 38.2. The van der Waals surface area contributed by atoms with Gasteiger partial charge in [0.05, 0.1) is 6.61 Å². The Hall–Kier alpha value is -1.99. The van der Waals surface area contributed by atoms with Crippen LogP contribution in [0.2, 0.25) is 0 Å². The summed E-state index contributed by atoms with van der Waals surface area (Å²) in [6.07, 6.45) is 46.8. The lowest BCUT2D eigenvalue weighted by atomic mass is 10.0. The van der Waals surface area contributed by atoms with E-state index in [-0.39, 0.29) is 19.4 Å². The van der Waals surface area contributed by atoms with Crippen molar-refractivity contribution in [3.63, 3.8) is 0 Å². The van der Waals surface area contributed by atoms with E-state index < -0.39 is 32.5 Å². The van der Waals surface area contributed by atoms with Crippen molar-refractivity contribution in [1.82, 2.24) is 0 Å². The molecule has 0 aliphatic rings. The molecule has 0 saturated carbocycles. The summed E-state index contributed by atoms with van der Waals surface area (Å²) in [5, 5.41) is 0. The van der Waals surface area contributed by atoms with Crippen LogP contribution in [0, 0.1) is 0 Å². The molecule has 0 spiro atoms. The molecule has 0 saturated heterocycles. The van der Waals surface area contributed by atoms with Crippen LogP contribution in [0.15, 0.2) is 48.6 Å². The van der Waals surface area contributed by atoms with Gasteiger partial charge in [-0.1, -0.05) is 172 Å². The topological polar surface area (TPSA) is 119 Å². The van der Waals surface area contributed by atoms with E-state index in [4.69, 9.17) is 19.3 Å². The molecule has 0 aliphatic carbocycles. The number of rotatable bonds is 38. The molecule has 0 fully saturated rings. The lowest BCUT2D eigenvalue weighted by Gasteiger charge is -2.18. The predicted octanol–water partition coefficient (Wildman–Crippen LogP) is 12.7. The van der Waals surface area contributed by atoms with Crippen LogP contribution >= 0.6 is 7.82 Å². The van der Waals surface area contributed by atoms with Crippen molar-refractivity contribution >= 4 is 19.8 Å². The van der Waals surface area contributed by atoms with E-state index in [1.165, 1.54) is 96.3 Å². The second-order valence-corrected chi connectivity index (χ2v) is 15.2. The first-order chi connectivity index (χ1) is 25.3. The van der Waals surface area contributed by atoms with Crippen LogP contribution in [0.4, 0.5) is 0 Å². The van der Waals surface area contributed by atoms with Gasteiger partial charge in [-0.05, 0) is 57.8 Å². The Morgan fingerprint density at radius 3 is 1.33 bits per heavy atom. The molecule has 0 unspecified atom stereocenters. The molecule has 0 heterocycles. The number of hydrogen-bond donors (Lipinski definition) is 2. The van der Waals surface area contributed by atoms with Gasteiger partial charge in [0.2, 0.25) is 0 Å². The summed E-state index contributed by atoms with van der Waals surface area (Å²) in [6, 6.07) is 0. The quantitative estimate of drug-likeness (QED) is 0.0277. The van der Waals surface area contributed by atoms with E-state index in [1.54, 1.807) is 0 Å². The van der Waals surface area contributed by atoms with Crippen LogP contribution < -0.4 is 0 Å². The van der Waals surface area contributed by atoms with Gasteiger partial charge in [0.25, 0.3) is 0 Å². The molecule has 2 N–H and O–H groups in total. The number of ether oxygens (including phenoxy) is 2. The van der Waals surface area contributed by atoms with Gasteiger partial charge >= 0.3 is 19.8 Å². The van der Waals surface area contributed by atoms with Gasteiger partial charge in [-0.3, -0.25) is 14.1 Å². The van der Waals surface area contributed by atoms with Crippen LogP contribution in [-0.2, 0) is 28.2 Å². The van der Waals surface area contributed by atoms with E-state index in [2.05, 4.69) is 67.0 Å². The average molecular weight is 753 g/mol. The Balaban J connectivity index is 3.98. The highest BCUT2D eigenvalue weighted by molar-refractivity contribution is 7.46. The maximum Gasteiger partial charge on any atom is 0.469 e. The first-order valence-electron chi connectivity index (χ1n) is 20.9. The number of esters is 2. The summed E-state index contributed by atoms with van der Waals surface area (Å²) in [5.74, 6) is -0.917. The maximum atomic E-state index is 12.4. The standard InChI is InChI=1S/C43H77O8P/c1-3-5-7-9-11-13-15-17-19-20-21-22-24-25-27-29-31-33-35-37-42(44)49-39-41(40-50-52(46,47)48)51-43(45)38-36-34-32-30-28-26-23-18-16-14-12-10-8-6-4-2/h11,13,17,19,21-22,25,27,41H,3-10,12,14-16,18,20,23-24,26,28-40H2,1-2H3,(H2,46,47,48)/b13-11-,19-17-,22-21-,27-25-/t41-/m1/s1. The van der Waals surface area contributed by atoms with Crippen molar-refractivity contribution < 1.29 is 37.9 Å². The first kappa shape index (κ1) is 50.0. The van der Waals surface area contributed by atoms with Crippen molar-refractivity contribution in [2.75, 3.05) is 13.2 Å². The molecule has 0 aliphatic heterocycles. The zero-order valence-electron chi connectivity index (χ0n) is 33.2. The van der Waals surface area contributed by atoms with E-state index in [0.717, 1.165) is 57.8 Å². The molecule has 0 aromatic carbocycles. The van der Waals surface area contributed by atoms with Gasteiger partial charge in [0, 0.05) is 12.8 Å². The van der Waals surface area contributed by atoms with Crippen LogP contribution in [-0.4, -0.2) is 41.0 Å². The highest BCUT2D eigenvalue weighted by Crippen LogP contribution is 2.36. The zero-order valence-corrected chi connectivity index (χ0v) is 34.1. The van der Waals surface area contributed by atoms with Gasteiger partial charge in [0.15, 0.2) is 6.10 Å². The van der Waals surface area contributed by atoms with Crippen LogP contribution in [0.3, 0.4) is 0 Å². The van der Waals surface area contributed by atoms with E-state index >= 15 is 0 Å². The van der Waals surface area contributed by atoms with Crippen molar-refractivity contribution in [2.24, 2.45) is 0 Å². The Morgan fingerprint density at radius 1 is 0.500 bits per heavy atom. The molecule has 1 atom stereocenters. The average Bonchev–Trinajstić information content (AvgIpc) is 3.11. The minimum Gasteiger partial charge on any atom is -0.462 e. The van der Waals surface area contributed by atoms with E-state index in [0.29, 0.717) is 12.8 Å². The van der Waals surface area contributed by atoms with E-state index in [1.807, 2.05) is 0 Å². The number of phosphoric ester groups is 1. The van der Waals surface area contributed by atoms with Gasteiger partial charge in [0.1, 0.15) is 6.61 Å². The van der Waals surface area contributed by atoms with Crippen LogP contribution in [0.1, 0.15) is 194 Å². The molecule has 52 heavy (non-hydrogen) atoms. The fourth-order valence-corrected chi connectivity index (χ4v) is 6.07. The molecule has 0 amide bonds. The van der Waals surface area contributed by atoms with Crippen molar-refractivity contribution in [1.29, 1.82) is 0 Å². The molecule has 0 bridgehead atoms. The maximum absolute atomic E-state index is 12.4. The fourth-order valence-electron chi connectivity index (χ4n) is 5.71. The number of carbonyl (C=O) groups is 2.